The molecule has 1 aromatic carbocycles. The van der Waals surface area contributed by atoms with Gasteiger partial charge in [-0.1, -0.05) is 33.6 Å². The first kappa shape index (κ1) is 13.9. The Morgan fingerprint density at radius 3 is 2.90 bits per heavy atom. The van der Waals surface area contributed by atoms with Crippen molar-refractivity contribution in [3.8, 4) is 11.6 Å². The van der Waals surface area contributed by atoms with E-state index in [1.54, 1.807) is 6.07 Å². The second kappa shape index (κ2) is 6.12. The highest BCUT2D eigenvalue weighted by Gasteiger charge is 2.20. The molecule has 20 heavy (non-hydrogen) atoms. The largest absolute Gasteiger partial charge is 0.439 e. The second-order valence-electron chi connectivity index (χ2n) is 4.79. The summed E-state index contributed by atoms with van der Waals surface area (Å²) >= 11 is 9.58. The topological polar surface area (TPSA) is 34.1 Å². The van der Waals surface area contributed by atoms with Crippen LogP contribution < -0.4 is 10.1 Å². The maximum atomic E-state index is 6.16. The first-order valence-electron chi connectivity index (χ1n) is 6.53. The molecule has 5 heteroatoms. The van der Waals surface area contributed by atoms with E-state index in [9.17, 15) is 0 Å². The summed E-state index contributed by atoms with van der Waals surface area (Å²) < 4.78 is 6.72. The minimum atomic E-state index is 0.556. The summed E-state index contributed by atoms with van der Waals surface area (Å²) in [5.74, 6) is 1.30. The Kier molecular flexibility index (Phi) is 4.24. The van der Waals surface area contributed by atoms with Gasteiger partial charge in [0.25, 0.3) is 0 Å². The number of halogens is 2. The maximum Gasteiger partial charge on any atom is 0.219 e. The number of nitrogens with zero attached hydrogens (tertiary/aromatic N) is 1. The van der Waals surface area contributed by atoms with E-state index in [0.29, 0.717) is 23.5 Å². The Morgan fingerprint density at radius 1 is 1.30 bits per heavy atom. The molecule has 1 aliphatic carbocycles. The van der Waals surface area contributed by atoms with Crippen LogP contribution in [0.5, 0.6) is 11.6 Å². The lowest BCUT2D eigenvalue weighted by molar-refractivity contribution is 0.459. The fourth-order valence-corrected chi connectivity index (χ4v) is 2.38. The van der Waals surface area contributed by atoms with Gasteiger partial charge in [-0.15, -0.1) is 0 Å². The molecule has 3 nitrogen and oxygen atoms in total. The van der Waals surface area contributed by atoms with Crippen LogP contribution in [0.4, 0.5) is 0 Å². The standard InChI is InChI=1S/C15H14BrClN2O/c16-10-2-1-3-12(8-10)20-15-7-6-13(17)14(19-15)9-18-11-4-5-11/h1-3,6-8,11,18H,4-5,9H2. The van der Waals surface area contributed by atoms with Gasteiger partial charge in [0.05, 0.1) is 10.7 Å². The molecule has 2 aromatic rings. The van der Waals surface area contributed by atoms with E-state index < -0.39 is 0 Å². The first-order valence-corrected chi connectivity index (χ1v) is 7.70. The van der Waals surface area contributed by atoms with Crippen LogP contribution in [-0.2, 0) is 6.54 Å². The lowest BCUT2D eigenvalue weighted by Gasteiger charge is -2.09. The van der Waals surface area contributed by atoms with Crippen LogP contribution in [-0.4, -0.2) is 11.0 Å². The molecule has 0 bridgehead atoms. The molecule has 3 rings (SSSR count). The second-order valence-corrected chi connectivity index (χ2v) is 6.12. The third-order valence-corrected chi connectivity index (χ3v) is 3.88. The molecule has 0 amide bonds. The average molecular weight is 354 g/mol. The van der Waals surface area contributed by atoms with Gasteiger partial charge < -0.3 is 10.1 Å². The molecule has 0 atom stereocenters. The fourth-order valence-electron chi connectivity index (χ4n) is 1.82. The zero-order valence-corrected chi connectivity index (χ0v) is 13.1. The van der Waals surface area contributed by atoms with E-state index in [1.807, 2.05) is 30.3 Å². The van der Waals surface area contributed by atoms with Gasteiger partial charge in [-0.25, -0.2) is 4.98 Å². The fraction of sp³-hybridized carbons (Fsp3) is 0.267. The smallest absolute Gasteiger partial charge is 0.219 e. The average Bonchev–Trinajstić information content (AvgIpc) is 3.23. The summed E-state index contributed by atoms with van der Waals surface area (Å²) in [6, 6.07) is 11.9. The number of hydrogen-bond acceptors (Lipinski definition) is 3. The molecule has 0 radical (unpaired) electrons. The van der Waals surface area contributed by atoms with Gasteiger partial charge in [-0.2, -0.15) is 0 Å². The molecule has 1 fully saturated rings. The van der Waals surface area contributed by atoms with Crippen molar-refractivity contribution in [2.24, 2.45) is 0 Å². The molecule has 1 heterocycles. The highest BCUT2D eigenvalue weighted by molar-refractivity contribution is 9.10. The number of benzene rings is 1. The summed E-state index contributed by atoms with van der Waals surface area (Å²) in [7, 11) is 0. The Hall–Kier alpha value is -1.10. The van der Waals surface area contributed by atoms with Crippen molar-refractivity contribution >= 4 is 27.5 Å². The molecular weight excluding hydrogens is 340 g/mol. The van der Waals surface area contributed by atoms with Crippen LogP contribution in [0.2, 0.25) is 5.02 Å². The molecule has 1 saturated carbocycles. The van der Waals surface area contributed by atoms with Gasteiger partial charge in [-0.05, 0) is 37.1 Å². The first-order chi connectivity index (χ1) is 9.70. The molecule has 0 saturated heterocycles. The van der Waals surface area contributed by atoms with E-state index in [4.69, 9.17) is 16.3 Å². The highest BCUT2D eigenvalue weighted by atomic mass is 79.9. The predicted octanol–water partition coefficient (Wildman–Crippen LogP) is 4.54. The van der Waals surface area contributed by atoms with Crippen molar-refractivity contribution in [3.05, 3.63) is 51.6 Å². The zero-order valence-electron chi connectivity index (χ0n) is 10.8. The lowest BCUT2D eigenvalue weighted by atomic mass is 10.3. The van der Waals surface area contributed by atoms with Gasteiger partial charge in [-0.3, -0.25) is 0 Å². The maximum absolute atomic E-state index is 6.16. The molecule has 1 N–H and O–H groups in total. The van der Waals surface area contributed by atoms with Crippen LogP contribution in [0.3, 0.4) is 0 Å². The minimum absolute atomic E-state index is 0.556. The van der Waals surface area contributed by atoms with Gasteiger partial charge in [0, 0.05) is 23.1 Å². The monoisotopic (exact) mass is 352 g/mol. The summed E-state index contributed by atoms with van der Waals surface area (Å²) in [6.45, 7) is 0.680. The lowest BCUT2D eigenvalue weighted by Crippen LogP contribution is -2.16. The number of hydrogen-bond donors (Lipinski definition) is 1. The number of ether oxygens (including phenoxy) is 1. The van der Waals surface area contributed by atoms with Gasteiger partial charge >= 0.3 is 0 Å². The molecule has 1 aliphatic rings. The molecule has 104 valence electrons. The summed E-state index contributed by atoms with van der Waals surface area (Å²) in [5, 5.41) is 4.07. The summed E-state index contributed by atoms with van der Waals surface area (Å²) in [5.41, 5.74) is 0.825. The van der Waals surface area contributed by atoms with E-state index in [2.05, 4.69) is 26.2 Å². The third kappa shape index (κ3) is 3.72. The predicted molar refractivity (Wildman–Crippen MR) is 83.3 cm³/mol. The molecule has 0 aliphatic heterocycles. The minimum Gasteiger partial charge on any atom is -0.439 e. The Labute approximate surface area is 131 Å². The normalized spacial score (nSPS) is 14.3. The van der Waals surface area contributed by atoms with Gasteiger partial charge in [0.15, 0.2) is 0 Å². The van der Waals surface area contributed by atoms with Gasteiger partial charge in [0.2, 0.25) is 5.88 Å². The van der Waals surface area contributed by atoms with Crippen LogP contribution in [0.1, 0.15) is 18.5 Å². The summed E-state index contributed by atoms with van der Waals surface area (Å²) in [4.78, 5) is 4.47. The SMILES string of the molecule is Clc1ccc(Oc2cccc(Br)c2)nc1CNC1CC1. The van der Waals surface area contributed by atoms with Crippen molar-refractivity contribution in [1.29, 1.82) is 0 Å². The van der Waals surface area contributed by atoms with Crippen molar-refractivity contribution in [1.82, 2.24) is 10.3 Å². The van der Waals surface area contributed by atoms with Crippen LogP contribution in [0.15, 0.2) is 40.9 Å². The number of pyridine rings is 1. The number of rotatable bonds is 5. The quantitative estimate of drug-likeness (QED) is 0.857. The third-order valence-electron chi connectivity index (χ3n) is 3.05. The van der Waals surface area contributed by atoms with E-state index >= 15 is 0 Å². The van der Waals surface area contributed by atoms with Gasteiger partial charge in [0.1, 0.15) is 5.75 Å². The van der Waals surface area contributed by atoms with Crippen molar-refractivity contribution in [3.63, 3.8) is 0 Å². The van der Waals surface area contributed by atoms with Crippen LogP contribution in [0, 0.1) is 0 Å². The van der Waals surface area contributed by atoms with Crippen LogP contribution in [0.25, 0.3) is 0 Å². The molecule has 1 aromatic heterocycles. The zero-order chi connectivity index (χ0) is 13.9. The highest BCUT2D eigenvalue weighted by Crippen LogP contribution is 2.26. The Balaban J connectivity index is 1.73. The summed E-state index contributed by atoms with van der Waals surface area (Å²) in [6.07, 6.45) is 2.48. The molecule has 0 spiro atoms. The van der Waals surface area contributed by atoms with E-state index in [1.165, 1.54) is 12.8 Å². The number of nitrogens with one attached hydrogen (secondary N) is 1. The van der Waals surface area contributed by atoms with E-state index in [0.717, 1.165) is 15.9 Å². The van der Waals surface area contributed by atoms with Crippen molar-refractivity contribution in [2.75, 3.05) is 0 Å². The Bertz CT molecular complexity index is 617. The Morgan fingerprint density at radius 2 is 2.15 bits per heavy atom. The number of aromatic nitrogens is 1. The van der Waals surface area contributed by atoms with Crippen molar-refractivity contribution in [2.45, 2.75) is 25.4 Å². The molecule has 0 unspecified atom stereocenters. The molecular formula is C15H14BrClN2O. The van der Waals surface area contributed by atoms with Crippen LogP contribution >= 0.6 is 27.5 Å². The van der Waals surface area contributed by atoms with Crippen molar-refractivity contribution < 1.29 is 4.74 Å². The van der Waals surface area contributed by atoms with E-state index in [-0.39, 0.29) is 0 Å².